The summed E-state index contributed by atoms with van der Waals surface area (Å²) >= 11 is 0. The van der Waals surface area contributed by atoms with E-state index in [-0.39, 0.29) is 6.04 Å². The SMILES string of the molecule is O=C(O)C1CCC(c2ccc(C(F)(F)F)cc2)N1. The van der Waals surface area contributed by atoms with E-state index in [4.69, 9.17) is 5.11 Å². The maximum Gasteiger partial charge on any atom is 0.416 e. The first-order valence-electron chi connectivity index (χ1n) is 5.54. The molecule has 18 heavy (non-hydrogen) atoms. The fourth-order valence-electron chi connectivity index (χ4n) is 2.10. The van der Waals surface area contributed by atoms with Crippen molar-refractivity contribution < 1.29 is 23.1 Å². The molecule has 1 aliphatic heterocycles. The van der Waals surface area contributed by atoms with Crippen molar-refractivity contribution in [2.24, 2.45) is 0 Å². The van der Waals surface area contributed by atoms with Gasteiger partial charge in [0.1, 0.15) is 6.04 Å². The zero-order valence-corrected chi connectivity index (χ0v) is 9.37. The number of carboxylic acid groups (broad SMARTS) is 1. The summed E-state index contributed by atoms with van der Waals surface area (Å²) in [6.45, 7) is 0. The van der Waals surface area contributed by atoms with E-state index in [0.717, 1.165) is 12.1 Å². The third-order valence-corrected chi connectivity index (χ3v) is 3.08. The number of hydrogen-bond donors (Lipinski definition) is 2. The molecule has 6 heteroatoms. The molecule has 3 nitrogen and oxygen atoms in total. The van der Waals surface area contributed by atoms with Crippen molar-refractivity contribution in [1.82, 2.24) is 5.32 Å². The molecule has 0 spiro atoms. The van der Waals surface area contributed by atoms with E-state index in [2.05, 4.69) is 5.32 Å². The first kappa shape index (κ1) is 12.9. The van der Waals surface area contributed by atoms with Crippen LogP contribution in [0, 0.1) is 0 Å². The average molecular weight is 259 g/mol. The Labute approximate surface area is 102 Å². The van der Waals surface area contributed by atoms with Gasteiger partial charge in [-0.1, -0.05) is 12.1 Å². The molecular weight excluding hydrogens is 247 g/mol. The summed E-state index contributed by atoms with van der Waals surface area (Å²) in [5.41, 5.74) is -0.00854. The van der Waals surface area contributed by atoms with Gasteiger partial charge in [-0.25, -0.2) is 0 Å². The largest absolute Gasteiger partial charge is 0.480 e. The minimum Gasteiger partial charge on any atom is -0.480 e. The van der Waals surface area contributed by atoms with Crippen molar-refractivity contribution in [3.8, 4) is 0 Å². The van der Waals surface area contributed by atoms with E-state index in [1.165, 1.54) is 12.1 Å². The van der Waals surface area contributed by atoms with Gasteiger partial charge in [0, 0.05) is 6.04 Å². The molecule has 98 valence electrons. The van der Waals surface area contributed by atoms with Gasteiger partial charge in [-0.05, 0) is 30.5 Å². The van der Waals surface area contributed by atoms with Crippen LogP contribution in [0.5, 0.6) is 0 Å². The van der Waals surface area contributed by atoms with Crippen LogP contribution in [0.2, 0.25) is 0 Å². The third-order valence-electron chi connectivity index (χ3n) is 3.08. The Balaban J connectivity index is 2.10. The Morgan fingerprint density at radius 2 is 1.83 bits per heavy atom. The lowest BCUT2D eigenvalue weighted by molar-refractivity contribution is -0.139. The average Bonchev–Trinajstić information content (AvgIpc) is 2.77. The first-order valence-corrected chi connectivity index (χ1v) is 5.54. The van der Waals surface area contributed by atoms with Crippen LogP contribution in [0.15, 0.2) is 24.3 Å². The molecule has 1 aromatic carbocycles. The van der Waals surface area contributed by atoms with Crippen molar-refractivity contribution in [2.75, 3.05) is 0 Å². The molecule has 1 saturated heterocycles. The van der Waals surface area contributed by atoms with Crippen LogP contribution >= 0.6 is 0 Å². The van der Waals surface area contributed by atoms with E-state index in [0.29, 0.717) is 18.4 Å². The van der Waals surface area contributed by atoms with Crippen molar-refractivity contribution >= 4 is 5.97 Å². The number of hydrogen-bond acceptors (Lipinski definition) is 2. The highest BCUT2D eigenvalue weighted by Crippen LogP contribution is 2.32. The standard InChI is InChI=1S/C12H12F3NO2/c13-12(14,15)8-3-1-7(2-4-8)9-5-6-10(16-9)11(17)18/h1-4,9-10,16H,5-6H2,(H,17,18). The van der Waals surface area contributed by atoms with E-state index >= 15 is 0 Å². The Hall–Kier alpha value is -1.56. The molecule has 2 N–H and O–H groups in total. The molecule has 0 aromatic heterocycles. The molecule has 2 unspecified atom stereocenters. The minimum atomic E-state index is -4.34. The Bertz CT molecular complexity index is 442. The molecule has 0 bridgehead atoms. The molecule has 0 saturated carbocycles. The van der Waals surface area contributed by atoms with Gasteiger partial charge >= 0.3 is 12.1 Å². The van der Waals surface area contributed by atoms with Crippen molar-refractivity contribution in [1.29, 1.82) is 0 Å². The second-order valence-corrected chi connectivity index (χ2v) is 4.31. The van der Waals surface area contributed by atoms with Crippen molar-refractivity contribution in [2.45, 2.75) is 31.1 Å². The van der Waals surface area contributed by atoms with Gasteiger partial charge in [0.2, 0.25) is 0 Å². The van der Waals surface area contributed by atoms with E-state index in [1.807, 2.05) is 0 Å². The second kappa shape index (κ2) is 4.61. The number of alkyl halides is 3. The van der Waals surface area contributed by atoms with Crippen LogP contribution in [0.3, 0.4) is 0 Å². The van der Waals surface area contributed by atoms with Crippen LogP contribution in [-0.2, 0) is 11.0 Å². The van der Waals surface area contributed by atoms with Crippen LogP contribution in [-0.4, -0.2) is 17.1 Å². The molecule has 0 radical (unpaired) electrons. The van der Waals surface area contributed by atoms with Crippen molar-refractivity contribution in [3.05, 3.63) is 35.4 Å². The summed E-state index contributed by atoms with van der Waals surface area (Å²) in [4.78, 5) is 10.8. The van der Waals surface area contributed by atoms with Gasteiger partial charge in [0.25, 0.3) is 0 Å². The van der Waals surface area contributed by atoms with E-state index in [1.54, 1.807) is 0 Å². The van der Waals surface area contributed by atoms with Gasteiger partial charge in [-0.2, -0.15) is 13.2 Å². The summed E-state index contributed by atoms with van der Waals surface area (Å²) in [6.07, 6.45) is -3.24. The molecule has 1 fully saturated rings. The summed E-state index contributed by atoms with van der Waals surface area (Å²) in [5.74, 6) is -0.926. The molecule has 0 aliphatic carbocycles. The van der Waals surface area contributed by atoms with Crippen LogP contribution < -0.4 is 5.32 Å². The topological polar surface area (TPSA) is 49.3 Å². The second-order valence-electron chi connectivity index (χ2n) is 4.31. The lowest BCUT2D eigenvalue weighted by atomic mass is 10.0. The Morgan fingerprint density at radius 3 is 2.28 bits per heavy atom. The maximum atomic E-state index is 12.4. The van der Waals surface area contributed by atoms with Crippen LogP contribution in [0.1, 0.15) is 30.0 Å². The Kier molecular flexibility index (Phi) is 3.30. The van der Waals surface area contributed by atoms with Gasteiger partial charge in [-0.3, -0.25) is 10.1 Å². The number of benzene rings is 1. The number of nitrogens with one attached hydrogen (secondary N) is 1. The smallest absolute Gasteiger partial charge is 0.416 e. The lowest BCUT2D eigenvalue weighted by Crippen LogP contribution is -2.31. The lowest BCUT2D eigenvalue weighted by Gasteiger charge is -2.13. The molecule has 2 atom stereocenters. The predicted octanol–water partition coefficient (Wildman–Crippen LogP) is 2.58. The van der Waals surface area contributed by atoms with Gasteiger partial charge in [-0.15, -0.1) is 0 Å². The summed E-state index contributed by atoms with van der Waals surface area (Å²) in [6, 6.07) is 4.02. The summed E-state index contributed by atoms with van der Waals surface area (Å²) < 4.78 is 37.1. The van der Waals surface area contributed by atoms with Crippen molar-refractivity contribution in [3.63, 3.8) is 0 Å². The summed E-state index contributed by atoms with van der Waals surface area (Å²) in [7, 11) is 0. The first-order chi connectivity index (χ1) is 8.38. The zero-order chi connectivity index (χ0) is 13.3. The van der Waals surface area contributed by atoms with Gasteiger partial charge in [0.15, 0.2) is 0 Å². The predicted molar refractivity (Wildman–Crippen MR) is 58.0 cm³/mol. The molecule has 0 amide bonds. The number of rotatable bonds is 2. The van der Waals surface area contributed by atoms with E-state index in [9.17, 15) is 18.0 Å². The quantitative estimate of drug-likeness (QED) is 0.858. The van der Waals surface area contributed by atoms with Crippen LogP contribution in [0.25, 0.3) is 0 Å². The van der Waals surface area contributed by atoms with Crippen LogP contribution in [0.4, 0.5) is 13.2 Å². The van der Waals surface area contributed by atoms with Gasteiger partial charge in [0.05, 0.1) is 5.56 Å². The number of carboxylic acids is 1. The number of aliphatic carboxylic acids is 1. The third kappa shape index (κ3) is 2.64. The maximum absolute atomic E-state index is 12.4. The summed E-state index contributed by atoms with van der Waals surface area (Å²) in [5, 5.41) is 11.7. The Morgan fingerprint density at radius 1 is 1.22 bits per heavy atom. The zero-order valence-electron chi connectivity index (χ0n) is 9.37. The monoisotopic (exact) mass is 259 g/mol. The normalized spacial score (nSPS) is 24.2. The number of carbonyl (C=O) groups is 1. The highest BCUT2D eigenvalue weighted by atomic mass is 19.4. The molecular formula is C12H12F3NO2. The fourth-order valence-corrected chi connectivity index (χ4v) is 2.10. The highest BCUT2D eigenvalue weighted by Gasteiger charge is 2.32. The fraction of sp³-hybridized carbons (Fsp3) is 0.417. The molecule has 1 aliphatic rings. The highest BCUT2D eigenvalue weighted by molar-refractivity contribution is 5.73. The van der Waals surface area contributed by atoms with E-state index < -0.39 is 23.8 Å². The molecule has 2 rings (SSSR count). The molecule has 1 heterocycles. The minimum absolute atomic E-state index is 0.187. The van der Waals surface area contributed by atoms with Gasteiger partial charge < -0.3 is 5.11 Å². The molecule has 1 aromatic rings. The number of halogens is 3.